The molecule has 26 heavy (non-hydrogen) atoms. The van der Waals surface area contributed by atoms with E-state index >= 15 is 0 Å². The van der Waals surface area contributed by atoms with Gasteiger partial charge in [-0.15, -0.1) is 12.4 Å². The van der Waals surface area contributed by atoms with Gasteiger partial charge in [0.1, 0.15) is 0 Å². The lowest BCUT2D eigenvalue weighted by atomic mass is 9.98. The summed E-state index contributed by atoms with van der Waals surface area (Å²) in [6.45, 7) is 1.63. The van der Waals surface area contributed by atoms with E-state index in [0.29, 0.717) is 28.5 Å². The Bertz CT molecular complexity index is 763. The van der Waals surface area contributed by atoms with Gasteiger partial charge < -0.3 is 16.0 Å². The summed E-state index contributed by atoms with van der Waals surface area (Å²) in [4.78, 5) is 24.8. The summed E-state index contributed by atoms with van der Waals surface area (Å²) < 4.78 is 0. The molecule has 7 heteroatoms. The summed E-state index contributed by atoms with van der Waals surface area (Å²) in [5, 5.41) is 9.24. The Morgan fingerprint density at radius 1 is 1.04 bits per heavy atom. The Balaban J connectivity index is 0.00000243. The van der Waals surface area contributed by atoms with Crippen LogP contribution >= 0.6 is 24.0 Å². The minimum Gasteiger partial charge on any atom is -0.326 e. The first kappa shape index (κ1) is 20.2. The number of rotatable bonds is 4. The van der Waals surface area contributed by atoms with Gasteiger partial charge in [0, 0.05) is 17.9 Å². The summed E-state index contributed by atoms with van der Waals surface area (Å²) in [7, 11) is 0. The molecule has 1 aliphatic heterocycles. The van der Waals surface area contributed by atoms with Crippen LogP contribution in [0, 0.1) is 5.92 Å². The average molecular weight is 394 g/mol. The fourth-order valence-electron chi connectivity index (χ4n) is 2.82. The van der Waals surface area contributed by atoms with E-state index in [1.54, 1.807) is 30.3 Å². The first-order valence-corrected chi connectivity index (χ1v) is 8.69. The second-order valence-corrected chi connectivity index (χ2v) is 6.45. The molecule has 2 aromatic carbocycles. The van der Waals surface area contributed by atoms with Crippen molar-refractivity contribution in [2.75, 3.05) is 23.7 Å². The smallest absolute Gasteiger partial charge is 0.257 e. The Hall–Kier alpha value is -2.08. The standard InChI is InChI=1S/C19H20ClN3O2.ClH/c20-17-9-8-15(23-18(24)13-5-4-10-21-12-13)11-16(17)19(25)22-14-6-2-1-3-7-14;/h1-3,6-9,11,13,21H,4-5,10,12H2,(H,22,25)(H,23,24);1H. The van der Waals surface area contributed by atoms with Crippen molar-refractivity contribution in [3.05, 3.63) is 59.1 Å². The zero-order chi connectivity index (χ0) is 17.6. The van der Waals surface area contributed by atoms with Crippen molar-refractivity contribution in [2.45, 2.75) is 12.8 Å². The lowest BCUT2D eigenvalue weighted by Crippen LogP contribution is -2.37. The highest BCUT2D eigenvalue weighted by Crippen LogP contribution is 2.23. The molecule has 0 spiro atoms. The van der Waals surface area contributed by atoms with Gasteiger partial charge in [-0.05, 0) is 49.7 Å². The third kappa shape index (κ3) is 5.21. The van der Waals surface area contributed by atoms with Gasteiger partial charge in [-0.1, -0.05) is 29.8 Å². The topological polar surface area (TPSA) is 70.2 Å². The first-order chi connectivity index (χ1) is 12.1. The van der Waals surface area contributed by atoms with E-state index in [0.717, 1.165) is 19.4 Å². The largest absolute Gasteiger partial charge is 0.326 e. The van der Waals surface area contributed by atoms with Crippen molar-refractivity contribution < 1.29 is 9.59 Å². The zero-order valence-corrected chi connectivity index (χ0v) is 15.7. The number of piperidine rings is 1. The predicted molar refractivity (Wildman–Crippen MR) is 107 cm³/mol. The van der Waals surface area contributed by atoms with Crippen molar-refractivity contribution in [2.24, 2.45) is 5.92 Å². The minimum absolute atomic E-state index is 0. The molecule has 1 atom stereocenters. The molecule has 0 saturated carbocycles. The van der Waals surface area contributed by atoms with E-state index in [1.165, 1.54) is 0 Å². The van der Waals surface area contributed by atoms with Crippen molar-refractivity contribution in [3.8, 4) is 0 Å². The van der Waals surface area contributed by atoms with Gasteiger partial charge in [-0.25, -0.2) is 0 Å². The number of amides is 2. The van der Waals surface area contributed by atoms with Crippen LogP contribution in [-0.2, 0) is 4.79 Å². The molecule has 1 heterocycles. The molecule has 1 aliphatic rings. The van der Waals surface area contributed by atoms with Crippen LogP contribution in [0.2, 0.25) is 5.02 Å². The van der Waals surface area contributed by atoms with Crippen LogP contribution in [0.5, 0.6) is 0 Å². The fourth-order valence-corrected chi connectivity index (χ4v) is 3.02. The predicted octanol–water partition coefficient (Wildman–Crippen LogP) is 3.95. The van der Waals surface area contributed by atoms with Crippen molar-refractivity contribution >= 4 is 47.2 Å². The van der Waals surface area contributed by atoms with Crippen LogP contribution in [0.15, 0.2) is 48.5 Å². The summed E-state index contributed by atoms with van der Waals surface area (Å²) >= 11 is 6.16. The van der Waals surface area contributed by atoms with Gasteiger partial charge in [0.25, 0.3) is 5.91 Å². The molecule has 5 nitrogen and oxygen atoms in total. The highest BCUT2D eigenvalue weighted by atomic mass is 35.5. The molecule has 0 radical (unpaired) electrons. The lowest BCUT2D eigenvalue weighted by molar-refractivity contribution is -0.120. The lowest BCUT2D eigenvalue weighted by Gasteiger charge is -2.22. The molecule has 138 valence electrons. The zero-order valence-electron chi connectivity index (χ0n) is 14.1. The third-order valence-electron chi connectivity index (χ3n) is 4.18. The minimum atomic E-state index is -0.313. The monoisotopic (exact) mass is 393 g/mol. The molecule has 2 amide bonds. The van der Waals surface area contributed by atoms with Crippen molar-refractivity contribution in [1.29, 1.82) is 0 Å². The SMILES string of the molecule is Cl.O=C(Nc1ccccc1)c1cc(NC(=O)C2CCCNC2)ccc1Cl. The van der Waals surface area contributed by atoms with Crippen LogP contribution in [-0.4, -0.2) is 24.9 Å². The summed E-state index contributed by atoms with van der Waals surface area (Å²) in [6.07, 6.45) is 1.86. The normalized spacial score (nSPS) is 16.3. The maximum Gasteiger partial charge on any atom is 0.257 e. The van der Waals surface area contributed by atoms with Gasteiger partial charge in [0.2, 0.25) is 5.91 Å². The molecule has 0 aromatic heterocycles. The summed E-state index contributed by atoms with van der Waals surface area (Å²) in [6, 6.07) is 14.1. The number of anilines is 2. The molecular formula is C19H21Cl2N3O2. The highest BCUT2D eigenvalue weighted by Gasteiger charge is 2.21. The fraction of sp³-hybridized carbons (Fsp3) is 0.263. The van der Waals surface area contributed by atoms with Crippen molar-refractivity contribution in [1.82, 2.24) is 5.32 Å². The van der Waals surface area contributed by atoms with E-state index in [-0.39, 0.29) is 30.1 Å². The Kier molecular flexibility index (Phi) is 7.45. The van der Waals surface area contributed by atoms with Gasteiger partial charge in [0.15, 0.2) is 0 Å². The maximum atomic E-state index is 12.5. The molecule has 2 aromatic rings. The van der Waals surface area contributed by atoms with E-state index in [1.807, 2.05) is 18.2 Å². The van der Waals surface area contributed by atoms with E-state index < -0.39 is 0 Å². The van der Waals surface area contributed by atoms with Crippen LogP contribution in [0.25, 0.3) is 0 Å². The number of nitrogens with one attached hydrogen (secondary N) is 3. The van der Waals surface area contributed by atoms with Crippen LogP contribution in [0.3, 0.4) is 0 Å². The van der Waals surface area contributed by atoms with Gasteiger partial charge in [0.05, 0.1) is 16.5 Å². The Morgan fingerprint density at radius 2 is 1.81 bits per heavy atom. The molecule has 1 unspecified atom stereocenters. The average Bonchev–Trinajstić information content (AvgIpc) is 2.64. The summed E-state index contributed by atoms with van der Waals surface area (Å²) in [5.41, 5.74) is 1.58. The number of hydrogen-bond donors (Lipinski definition) is 3. The van der Waals surface area contributed by atoms with Crippen molar-refractivity contribution in [3.63, 3.8) is 0 Å². The number of carbonyl (C=O) groups excluding carboxylic acids is 2. The van der Waals surface area contributed by atoms with Gasteiger partial charge >= 0.3 is 0 Å². The second kappa shape index (κ2) is 9.57. The molecule has 1 saturated heterocycles. The Morgan fingerprint density at radius 3 is 2.50 bits per heavy atom. The number of carbonyl (C=O) groups is 2. The Labute approximate surface area is 163 Å². The first-order valence-electron chi connectivity index (χ1n) is 8.31. The van der Waals surface area contributed by atoms with E-state index in [9.17, 15) is 9.59 Å². The van der Waals surface area contributed by atoms with Gasteiger partial charge in [-0.3, -0.25) is 9.59 Å². The van der Waals surface area contributed by atoms with Crippen LogP contribution in [0.4, 0.5) is 11.4 Å². The second-order valence-electron chi connectivity index (χ2n) is 6.05. The number of hydrogen-bond acceptors (Lipinski definition) is 3. The number of para-hydroxylation sites is 1. The summed E-state index contributed by atoms with van der Waals surface area (Å²) in [5.74, 6) is -0.401. The van der Waals surface area contributed by atoms with E-state index in [2.05, 4.69) is 16.0 Å². The number of halogens is 2. The molecule has 3 N–H and O–H groups in total. The molecule has 0 bridgehead atoms. The van der Waals surface area contributed by atoms with E-state index in [4.69, 9.17) is 11.6 Å². The number of benzene rings is 2. The quantitative estimate of drug-likeness (QED) is 0.736. The van der Waals surface area contributed by atoms with Crippen LogP contribution < -0.4 is 16.0 Å². The molecule has 1 fully saturated rings. The maximum absolute atomic E-state index is 12.5. The van der Waals surface area contributed by atoms with Gasteiger partial charge in [-0.2, -0.15) is 0 Å². The van der Waals surface area contributed by atoms with Crippen LogP contribution in [0.1, 0.15) is 23.2 Å². The molecule has 3 rings (SSSR count). The molecular weight excluding hydrogens is 373 g/mol. The molecule has 0 aliphatic carbocycles. The third-order valence-corrected chi connectivity index (χ3v) is 4.51. The highest BCUT2D eigenvalue weighted by molar-refractivity contribution is 6.34.